The normalized spacial score (nSPS) is 12.1. The van der Waals surface area contributed by atoms with Crippen LogP contribution >= 0.6 is 0 Å². The molecule has 0 aliphatic heterocycles. The number of carbonyl (C=O) groups excluding carboxylic acids is 2. The summed E-state index contributed by atoms with van der Waals surface area (Å²) in [5, 5.41) is 0. The Morgan fingerprint density at radius 2 is 0.650 bits per heavy atom. The molecule has 5 nitrogen and oxygen atoms in total. The lowest BCUT2D eigenvalue weighted by atomic mass is 10.0. The van der Waals surface area contributed by atoms with Crippen LogP contribution in [0.1, 0.15) is 303 Å². The Bertz CT molecular complexity index is 871. The van der Waals surface area contributed by atoms with E-state index < -0.39 is 6.10 Å². The molecule has 0 saturated carbocycles. The monoisotopic (exact) mass is 847 g/mol. The highest BCUT2D eigenvalue weighted by molar-refractivity contribution is 5.70. The summed E-state index contributed by atoms with van der Waals surface area (Å²) in [5.74, 6) is -0.380. The van der Waals surface area contributed by atoms with Gasteiger partial charge in [-0.05, 0) is 44.9 Å². The molecule has 0 aromatic rings. The Morgan fingerprint density at radius 1 is 0.350 bits per heavy atom. The largest absolute Gasteiger partial charge is 0.462 e. The van der Waals surface area contributed by atoms with Crippen LogP contribution in [0.3, 0.4) is 0 Å². The van der Waals surface area contributed by atoms with Crippen LogP contribution in [-0.4, -0.2) is 37.9 Å². The van der Waals surface area contributed by atoms with Gasteiger partial charge in [0.05, 0.1) is 6.61 Å². The van der Waals surface area contributed by atoms with Crippen molar-refractivity contribution in [1.82, 2.24) is 0 Å². The molecule has 0 bridgehead atoms. The van der Waals surface area contributed by atoms with Crippen molar-refractivity contribution in [2.45, 2.75) is 309 Å². The first-order chi connectivity index (χ1) is 29.6. The number of unbranched alkanes of at least 4 members (excludes halogenated alkanes) is 38. The predicted molar refractivity (Wildman–Crippen MR) is 261 cm³/mol. The fourth-order valence-electron chi connectivity index (χ4n) is 8.21. The third-order valence-electron chi connectivity index (χ3n) is 12.3. The Labute approximate surface area is 375 Å². The summed E-state index contributed by atoms with van der Waals surface area (Å²) in [7, 11) is 0. The predicted octanol–water partition coefficient (Wildman–Crippen LogP) is 18.2. The molecular weight excluding hydrogens is 741 g/mol. The molecule has 60 heavy (non-hydrogen) atoms. The van der Waals surface area contributed by atoms with E-state index in [0.29, 0.717) is 26.1 Å². The second-order valence-electron chi connectivity index (χ2n) is 18.5. The van der Waals surface area contributed by atoms with Crippen molar-refractivity contribution in [1.29, 1.82) is 0 Å². The van der Waals surface area contributed by atoms with Crippen LogP contribution in [0.25, 0.3) is 0 Å². The van der Waals surface area contributed by atoms with E-state index in [2.05, 4.69) is 32.9 Å². The molecule has 0 aromatic heterocycles. The summed E-state index contributed by atoms with van der Waals surface area (Å²) >= 11 is 0. The summed E-state index contributed by atoms with van der Waals surface area (Å²) in [6.07, 6.45) is 59.3. The summed E-state index contributed by atoms with van der Waals surface area (Å²) in [5.41, 5.74) is 0. The van der Waals surface area contributed by atoms with Crippen LogP contribution in [0.5, 0.6) is 0 Å². The smallest absolute Gasteiger partial charge is 0.306 e. The first kappa shape index (κ1) is 58.6. The van der Waals surface area contributed by atoms with E-state index in [0.717, 1.165) is 32.1 Å². The van der Waals surface area contributed by atoms with E-state index >= 15 is 0 Å². The quantitative estimate of drug-likeness (QED) is 0.0347. The van der Waals surface area contributed by atoms with Crippen LogP contribution in [0.15, 0.2) is 12.2 Å². The lowest BCUT2D eigenvalue weighted by Crippen LogP contribution is -2.30. The van der Waals surface area contributed by atoms with Gasteiger partial charge < -0.3 is 14.2 Å². The van der Waals surface area contributed by atoms with Gasteiger partial charge in [-0.15, -0.1) is 0 Å². The molecular formula is C55H106O5. The van der Waals surface area contributed by atoms with E-state index in [1.54, 1.807) is 0 Å². The molecule has 356 valence electrons. The van der Waals surface area contributed by atoms with E-state index in [-0.39, 0.29) is 18.5 Å². The van der Waals surface area contributed by atoms with Crippen molar-refractivity contribution < 1.29 is 23.8 Å². The fourth-order valence-corrected chi connectivity index (χ4v) is 8.21. The third kappa shape index (κ3) is 49.3. The molecule has 0 unspecified atom stereocenters. The zero-order valence-electron chi connectivity index (χ0n) is 41.0. The maximum Gasteiger partial charge on any atom is 0.306 e. The molecule has 5 heteroatoms. The maximum atomic E-state index is 12.8. The Hall–Kier alpha value is -1.36. The van der Waals surface area contributed by atoms with Gasteiger partial charge in [0.15, 0.2) is 6.10 Å². The van der Waals surface area contributed by atoms with Crippen LogP contribution in [0, 0.1) is 0 Å². The molecule has 0 saturated heterocycles. The van der Waals surface area contributed by atoms with Gasteiger partial charge in [-0.25, -0.2) is 0 Å². The maximum absolute atomic E-state index is 12.8. The minimum absolute atomic E-state index is 0.0925. The van der Waals surface area contributed by atoms with Gasteiger partial charge in [-0.3, -0.25) is 9.59 Å². The first-order valence-electron chi connectivity index (χ1n) is 27.2. The van der Waals surface area contributed by atoms with Crippen LogP contribution in [-0.2, 0) is 23.8 Å². The van der Waals surface area contributed by atoms with E-state index in [1.807, 2.05) is 0 Å². The summed E-state index contributed by atoms with van der Waals surface area (Å²) in [4.78, 5) is 25.4. The van der Waals surface area contributed by atoms with Crippen molar-refractivity contribution in [3.05, 3.63) is 12.2 Å². The van der Waals surface area contributed by atoms with Gasteiger partial charge >= 0.3 is 11.9 Å². The SMILES string of the molecule is CCCCCCCC/C=C\CCCCCCCCCC(=O)OC[C@@H](COCCCCCCCCCCCCCCCCCC)OC(=O)CCCCCCCCCCCCC. The van der Waals surface area contributed by atoms with E-state index in [4.69, 9.17) is 14.2 Å². The van der Waals surface area contributed by atoms with Crippen molar-refractivity contribution in [2.75, 3.05) is 19.8 Å². The zero-order chi connectivity index (χ0) is 43.5. The van der Waals surface area contributed by atoms with Gasteiger partial charge in [0, 0.05) is 19.4 Å². The Morgan fingerprint density at radius 3 is 1.02 bits per heavy atom. The molecule has 0 fully saturated rings. The Balaban J connectivity index is 4.17. The van der Waals surface area contributed by atoms with Gasteiger partial charge in [0.2, 0.25) is 0 Å². The van der Waals surface area contributed by atoms with Gasteiger partial charge in [-0.1, -0.05) is 258 Å². The fraction of sp³-hybridized carbons (Fsp3) is 0.927. The molecule has 0 aromatic carbocycles. The molecule has 0 amide bonds. The standard InChI is InChI=1S/C55H106O5/c1-4-7-10-13-16-19-22-24-26-28-29-31-34-36-39-42-45-48-54(56)59-52-53(60-55(57)49-46-43-40-37-33-21-18-15-12-9-6-3)51-58-50-47-44-41-38-35-32-30-27-25-23-20-17-14-11-8-5-2/h24,26,53H,4-23,25,27-52H2,1-3H3/b26-24-/t53-/m1/s1. The van der Waals surface area contributed by atoms with Crippen molar-refractivity contribution in [3.63, 3.8) is 0 Å². The number of rotatable bonds is 51. The second kappa shape index (κ2) is 52.0. The Kier molecular flexibility index (Phi) is 50.8. The minimum atomic E-state index is -0.527. The number of esters is 2. The van der Waals surface area contributed by atoms with Crippen LogP contribution in [0.4, 0.5) is 0 Å². The molecule has 0 heterocycles. The van der Waals surface area contributed by atoms with Gasteiger partial charge in [0.1, 0.15) is 6.61 Å². The minimum Gasteiger partial charge on any atom is -0.462 e. The summed E-state index contributed by atoms with van der Waals surface area (Å²) in [6.45, 7) is 7.88. The highest BCUT2D eigenvalue weighted by Gasteiger charge is 2.17. The molecule has 0 spiro atoms. The summed E-state index contributed by atoms with van der Waals surface area (Å²) < 4.78 is 17.4. The van der Waals surface area contributed by atoms with Gasteiger partial charge in [-0.2, -0.15) is 0 Å². The van der Waals surface area contributed by atoms with Crippen molar-refractivity contribution >= 4 is 11.9 Å². The van der Waals surface area contributed by atoms with Crippen LogP contribution < -0.4 is 0 Å². The summed E-state index contributed by atoms with van der Waals surface area (Å²) in [6, 6.07) is 0. The van der Waals surface area contributed by atoms with E-state index in [9.17, 15) is 9.59 Å². The lowest BCUT2D eigenvalue weighted by molar-refractivity contribution is -0.163. The molecule has 0 N–H and O–H groups in total. The lowest BCUT2D eigenvalue weighted by Gasteiger charge is -2.18. The highest BCUT2D eigenvalue weighted by atomic mass is 16.6. The molecule has 0 aliphatic carbocycles. The average molecular weight is 847 g/mol. The molecule has 0 rings (SSSR count). The number of carbonyl (C=O) groups is 2. The zero-order valence-corrected chi connectivity index (χ0v) is 41.0. The second-order valence-corrected chi connectivity index (χ2v) is 18.5. The molecule has 0 aliphatic rings. The molecule has 1 atom stereocenters. The molecule has 0 radical (unpaired) electrons. The van der Waals surface area contributed by atoms with Crippen LogP contribution in [0.2, 0.25) is 0 Å². The number of allylic oxidation sites excluding steroid dienone is 2. The first-order valence-corrected chi connectivity index (χ1v) is 27.2. The number of hydrogen-bond donors (Lipinski definition) is 0. The number of hydrogen-bond acceptors (Lipinski definition) is 5. The number of ether oxygens (including phenoxy) is 3. The van der Waals surface area contributed by atoms with Gasteiger partial charge in [0.25, 0.3) is 0 Å². The topological polar surface area (TPSA) is 61.8 Å². The third-order valence-corrected chi connectivity index (χ3v) is 12.3. The van der Waals surface area contributed by atoms with E-state index in [1.165, 1.54) is 238 Å². The highest BCUT2D eigenvalue weighted by Crippen LogP contribution is 2.16. The van der Waals surface area contributed by atoms with Crippen molar-refractivity contribution in [3.8, 4) is 0 Å². The van der Waals surface area contributed by atoms with Crippen molar-refractivity contribution in [2.24, 2.45) is 0 Å². The average Bonchev–Trinajstić information content (AvgIpc) is 3.25.